The quantitative estimate of drug-likeness (QED) is 0.637. The minimum Gasteiger partial charge on any atom is -0.465 e. The summed E-state index contributed by atoms with van der Waals surface area (Å²) in [5.74, 6) is -0.391. The summed E-state index contributed by atoms with van der Waals surface area (Å²) < 4.78 is 4.78. The highest BCUT2D eigenvalue weighted by molar-refractivity contribution is 6.42. The van der Waals surface area contributed by atoms with Crippen LogP contribution in [0.4, 0.5) is 11.4 Å². The average Bonchev–Trinajstić information content (AvgIpc) is 2.57. The molecule has 3 rings (SSSR count). The number of nitrogens with zero attached hydrogens (tertiary/aromatic N) is 1. The van der Waals surface area contributed by atoms with Crippen molar-refractivity contribution in [3.05, 3.63) is 63.8 Å². The van der Waals surface area contributed by atoms with Crippen LogP contribution < -0.4 is 5.32 Å². The molecule has 0 saturated heterocycles. The molecule has 0 unspecified atom stereocenters. The van der Waals surface area contributed by atoms with Crippen molar-refractivity contribution in [2.45, 2.75) is 6.92 Å². The second-order valence-corrected chi connectivity index (χ2v) is 6.10. The fourth-order valence-electron chi connectivity index (χ4n) is 2.44. The van der Waals surface area contributed by atoms with Gasteiger partial charge in [-0.15, -0.1) is 0 Å². The van der Waals surface area contributed by atoms with Gasteiger partial charge < -0.3 is 10.1 Å². The summed E-state index contributed by atoms with van der Waals surface area (Å²) in [5, 5.41) is 5.08. The lowest BCUT2D eigenvalue weighted by Crippen LogP contribution is -2.02. The summed E-state index contributed by atoms with van der Waals surface area (Å²) in [7, 11) is 1.36. The molecule has 3 aromatic rings. The molecule has 2 aromatic carbocycles. The number of hydrogen-bond acceptors (Lipinski definition) is 4. The molecule has 6 heteroatoms. The van der Waals surface area contributed by atoms with E-state index in [4.69, 9.17) is 27.9 Å². The molecule has 24 heavy (non-hydrogen) atoms. The molecule has 4 nitrogen and oxygen atoms in total. The van der Waals surface area contributed by atoms with Crippen molar-refractivity contribution in [3.8, 4) is 0 Å². The van der Waals surface area contributed by atoms with Crippen molar-refractivity contribution >= 4 is 51.4 Å². The molecule has 1 aromatic heterocycles. The maximum Gasteiger partial charge on any atom is 0.337 e. The second-order valence-electron chi connectivity index (χ2n) is 5.29. The van der Waals surface area contributed by atoms with Crippen LogP contribution in [0.2, 0.25) is 10.0 Å². The number of nitrogens with one attached hydrogen (secondary N) is 1. The van der Waals surface area contributed by atoms with Gasteiger partial charge in [-0.2, -0.15) is 0 Å². The number of ether oxygens (including phenoxy) is 1. The normalized spacial score (nSPS) is 10.7. The molecule has 0 atom stereocenters. The van der Waals surface area contributed by atoms with Gasteiger partial charge in [-0.05, 0) is 49.4 Å². The Morgan fingerprint density at radius 2 is 1.88 bits per heavy atom. The summed E-state index contributed by atoms with van der Waals surface area (Å²) in [6.07, 6.45) is 0. The molecular weight excluding hydrogens is 347 g/mol. The number of aromatic nitrogens is 1. The van der Waals surface area contributed by atoms with E-state index in [0.29, 0.717) is 15.6 Å². The summed E-state index contributed by atoms with van der Waals surface area (Å²) in [6.45, 7) is 1.91. The number of methoxy groups -OCH3 is 1. The SMILES string of the molecule is COC(=O)c1ccc2nc(C)cc(Nc3ccc(Cl)c(Cl)c3)c2c1. The molecule has 0 radical (unpaired) electrons. The lowest BCUT2D eigenvalue weighted by Gasteiger charge is -2.12. The van der Waals surface area contributed by atoms with E-state index in [9.17, 15) is 4.79 Å². The van der Waals surface area contributed by atoms with Crippen molar-refractivity contribution in [2.75, 3.05) is 12.4 Å². The highest BCUT2D eigenvalue weighted by atomic mass is 35.5. The van der Waals surface area contributed by atoms with Crippen molar-refractivity contribution in [2.24, 2.45) is 0 Å². The molecule has 0 aliphatic carbocycles. The first-order chi connectivity index (χ1) is 11.5. The van der Waals surface area contributed by atoms with Crippen LogP contribution in [0.1, 0.15) is 16.1 Å². The fourth-order valence-corrected chi connectivity index (χ4v) is 2.73. The van der Waals surface area contributed by atoms with E-state index in [1.165, 1.54) is 7.11 Å². The molecular formula is C18H14Cl2N2O2. The number of carbonyl (C=O) groups is 1. The number of hydrogen-bond donors (Lipinski definition) is 1. The van der Waals surface area contributed by atoms with Crippen LogP contribution in [0, 0.1) is 6.92 Å². The van der Waals surface area contributed by atoms with Gasteiger partial charge in [-0.3, -0.25) is 4.98 Å². The van der Waals surface area contributed by atoms with Gasteiger partial charge in [0.05, 0.1) is 28.2 Å². The van der Waals surface area contributed by atoms with Crippen molar-refractivity contribution in [3.63, 3.8) is 0 Å². The molecule has 0 bridgehead atoms. The monoisotopic (exact) mass is 360 g/mol. The van der Waals surface area contributed by atoms with E-state index in [0.717, 1.165) is 28.0 Å². The Balaban J connectivity index is 2.10. The Kier molecular flexibility index (Phi) is 4.60. The van der Waals surface area contributed by atoms with Crippen LogP contribution in [-0.4, -0.2) is 18.1 Å². The van der Waals surface area contributed by atoms with E-state index in [-0.39, 0.29) is 0 Å². The van der Waals surface area contributed by atoms with Gasteiger partial charge in [0.2, 0.25) is 0 Å². The highest BCUT2D eigenvalue weighted by Crippen LogP contribution is 2.30. The van der Waals surface area contributed by atoms with Crippen molar-refractivity contribution < 1.29 is 9.53 Å². The Morgan fingerprint density at radius 3 is 2.58 bits per heavy atom. The van der Waals surface area contributed by atoms with Crippen molar-refractivity contribution in [1.29, 1.82) is 0 Å². The number of halogens is 2. The number of pyridine rings is 1. The van der Waals surface area contributed by atoms with Gasteiger partial charge in [0.1, 0.15) is 0 Å². The first-order valence-corrected chi connectivity index (χ1v) is 7.95. The number of benzene rings is 2. The predicted molar refractivity (Wildman–Crippen MR) is 97.6 cm³/mol. The number of carbonyl (C=O) groups excluding carboxylic acids is 1. The van der Waals surface area contributed by atoms with E-state index >= 15 is 0 Å². The lowest BCUT2D eigenvalue weighted by molar-refractivity contribution is 0.0601. The molecule has 122 valence electrons. The average molecular weight is 361 g/mol. The molecule has 0 saturated carbocycles. The molecule has 0 amide bonds. The first-order valence-electron chi connectivity index (χ1n) is 7.20. The van der Waals surface area contributed by atoms with Gasteiger partial charge in [0, 0.05) is 22.5 Å². The van der Waals surface area contributed by atoms with Crippen LogP contribution in [0.15, 0.2) is 42.5 Å². The number of esters is 1. The van der Waals surface area contributed by atoms with Crippen LogP contribution in [-0.2, 0) is 4.74 Å². The Morgan fingerprint density at radius 1 is 1.08 bits per heavy atom. The topological polar surface area (TPSA) is 51.2 Å². The summed E-state index contributed by atoms with van der Waals surface area (Å²) >= 11 is 12.0. The zero-order chi connectivity index (χ0) is 17.3. The number of rotatable bonds is 3. The molecule has 0 aliphatic heterocycles. The predicted octanol–water partition coefficient (Wildman–Crippen LogP) is 5.38. The number of fused-ring (bicyclic) bond motifs is 1. The van der Waals surface area contributed by atoms with Gasteiger partial charge in [-0.1, -0.05) is 23.2 Å². The zero-order valence-electron chi connectivity index (χ0n) is 13.1. The van der Waals surface area contributed by atoms with Gasteiger partial charge >= 0.3 is 5.97 Å². The second kappa shape index (κ2) is 6.67. The molecule has 1 N–H and O–H groups in total. The number of aryl methyl sites for hydroxylation is 1. The smallest absolute Gasteiger partial charge is 0.337 e. The molecule has 1 heterocycles. The van der Waals surface area contributed by atoms with Crippen LogP contribution >= 0.6 is 23.2 Å². The Bertz CT molecular complexity index is 942. The maximum atomic E-state index is 11.8. The van der Waals surface area contributed by atoms with E-state index < -0.39 is 5.97 Å². The number of anilines is 2. The minimum atomic E-state index is -0.391. The van der Waals surface area contributed by atoms with E-state index in [2.05, 4.69) is 10.3 Å². The van der Waals surface area contributed by atoms with Gasteiger partial charge in [0.15, 0.2) is 0 Å². The minimum absolute atomic E-state index is 0.391. The Labute approximate surface area is 149 Å². The van der Waals surface area contributed by atoms with Gasteiger partial charge in [0.25, 0.3) is 0 Å². The lowest BCUT2D eigenvalue weighted by atomic mass is 10.1. The molecule has 0 fully saturated rings. The summed E-state index contributed by atoms with van der Waals surface area (Å²) in [4.78, 5) is 16.3. The fraction of sp³-hybridized carbons (Fsp3) is 0.111. The van der Waals surface area contributed by atoms with Crippen LogP contribution in [0.5, 0.6) is 0 Å². The van der Waals surface area contributed by atoms with E-state index in [1.54, 1.807) is 30.3 Å². The van der Waals surface area contributed by atoms with Crippen LogP contribution in [0.3, 0.4) is 0 Å². The van der Waals surface area contributed by atoms with Gasteiger partial charge in [-0.25, -0.2) is 4.79 Å². The Hall–Kier alpha value is -2.30. The molecule has 0 spiro atoms. The third-order valence-electron chi connectivity index (χ3n) is 3.56. The van der Waals surface area contributed by atoms with Crippen LogP contribution in [0.25, 0.3) is 10.9 Å². The van der Waals surface area contributed by atoms with Crippen molar-refractivity contribution in [1.82, 2.24) is 4.98 Å². The third kappa shape index (κ3) is 3.30. The van der Waals surface area contributed by atoms with E-state index in [1.807, 2.05) is 19.1 Å². The third-order valence-corrected chi connectivity index (χ3v) is 4.30. The highest BCUT2D eigenvalue weighted by Gasteiger charge is 2.11. The zero-order valence-corrected chi connectivity index (χ0v) is 14.6. The summed E-state index contributed by atoms with van der Waals surface area (Å²) in [5.41, 5.74) is 3.72. The maximum absolute atomic E-state index is 11.8. The first kappa shape index (κ1) is 16.6. The largest absolute Gasteiger partial charge is 0.465 e. The molecule has 0 aliphatic rings. The summed E-state index contributed by atoms with van der Waals surface area (Å²) in [6, 6.07) is 12.5. The standard InChI is InChI=1S/C18H14Cl2N2O2/c1-10-7-17(22-12-4-5-14(19)15(20)9-12)13-8-11(18(23)24-2)3-6-16(13)21-10/h3-9H,1-2H3,(H,21,22).